The van der Waals surface area contributed by atoms with E-state index in [4.69, 9.17) is 0 Å². The van der Waals surface area contributed by atoms with Crippen LogP contribution in [-0.4, -0.2) is 0 Å². The van der Waals surface area contributed by atoms with Crippen molar-refractivity contribution in [1.29, 1.82) is 0 Å². The van der Waals surface area contributed by atoms with Gasteiger partial charge in [-0.1, -0.05) is 40.9 Å². The van der Waals surface area contributed by atoms with Gasteiger partial charge >= 0.3 is 0 Å². The molecule has 1 aromatic rings. The first kappa shape index (κ1) is 9.20. The zero-order valence-corrected chi connectivity index (χ0v) is 8.93. The van der Waals surface area contributed by atoms with Gasteiger partial charge in [-0.2, -0.15) is 0 Å². The van der Waals surface area contributed by atoms with E-state index in [1.165, 1.54) is 37.0 Å². The Balaban J connectivity index is 2.01. The van der Waals surface area contributed by atoms with E-state index in [0.717, 1.165) is 5.92 Å². The van der Waals surface area contributed by atoms with Crippen molar-refractivity contribution in [3.05, 3.63) is 35.6 Å². The van der Waals surface area contributed by atoms with Gasteiger partial charge in [0.1, 0.15) is 5.82 Å². The molecule has 13 heavy (non-hydrogen) atoms. The molecule has 0 radical (unpaired) electrons. The van der Waals surface area contributed by atoms with Gasteiger partial charge in [0, 0.05) is 4.83 Å². The third-order valence-corrected chi connectivity index (χ3v) is 3.37. The van der Waals surface area contributed by atoms with Crippen molar-refractivity contribution in [3.8, 4) is 0 Å². The van der Waals surface area contributed by atoms with Gasteiger partial charge in [0.05, 0.1) is 0 Å². The van der Waals surface area contributed by atoms with E-state index < -0.39 is 0 Å². The number of halogens is 2. The molecule has 1 aromatic carbocycles. The molecule has 0 spiro atoms. The molecule has 2 rings (SSSR count). The average molecular weight is 243 g/mol. The van der Waals surface area contributed by atoms with Crippen molar-refractivity contribution < 1.29 is 4.39 Å². The number of alkyl halides is 1. The molecular formula is C11H12BrF. The quantitative estimate of drug-likeness (QED) is 0.702. The molecule has 70 valence electrons. The van der Waals surface area contributed by atoms with Crippen LogP contribution in [0.25, 0.3) is 0 Å². The lowest BCUT2D eigenvalue weighted by Crippen LogP contribution is -1.91. The van der Waals surface area contributed by atoms with Gasteiger partial charge < -0.3 is 0 Å². The maximum Gasteiger partial charge on any atom is 0.123 e. The summed E-state index contributed by atoms with van der Waals surface area (Å²) in [6.45, 7) is 0. The number of rotatable bonds is 3. The molecule has 0 amide bonds. The zero-order chi connectivity index (χ0) is 9.26. The Kier molecular flexibility index (Phi) is 2.68. The predicted molar refractivity (Wildman–Crippen MR) is 55.4 cm³/mol. The lowest BCUT2D eigenvalue weighted by atomic mass is 10.1. The molecule has 0 bridgehead atoms. The number of hydrogen-bond acceptors (Lipinski definition) is 0. The lowest BCUT2D eigenvalue weighted by Gasteiger charge is -2.08. The SMILES string of the molecule is Fc1ccc(C(Br)CC2CC2)cc1. The fraction of sp³-hybridized carbons (Fsp3) is 0.455. The minimum Gasteiger partial charge on any atom is -0.207 e. The van der Waals surface area contributed by atoms with Crippen LogP contribution in [0, 0.1) is 11.7 Å². The van der Waals surface area contributed by atoms with Crippen molar-refractivity contribution in [3.63, 3.8) is 0 Å². The Morgan fingerprint density at radius 1 is 1.31 bits per heavy atom. The highest BCUT2D eigenvalue weighted by Crippen LogP contribution is 2.41. The maximum absolute atomic E-state index is 12.6. The first-order valence-electron chi connectivity index (χ1n) is 4.65. The van der Waals surface area contributed by atoms with Crippen LogP contribution in [0.1, 0.15) is 29.7 Å². The van der Waals surface area contributed by atoms with E-state index in [2.05, 4.69) is 15.9 Å². The molecule has 0 nitrogen and oxygen atoms in total. The van der Waals surface area contributed by atoms with Gasteiger partial charge in [0.25, 0.3) is 0 Å². The molecule has 2 heteroatoms. The van der Waals surface area contributed by atoms with E-state index in [9.17, 15) is 4.39 Å². The molecule has 0 N–H and O–H groups in total. The van der Waals surface area contributed by atoms with Crippen LogP contribution in [0.2, 0.25) is 0 Å². The van der Waals surface area contributed by atoms with Gasteiger partial charge in [0.2, 0.25) is 0 Å². The summed E-state index contributed by atoms with van der Waals surface area (Å²) in [4.78, 5) is 0.403. The van der Waals surface area contributed by atoms with Gasteiger partial charge in [-0.25, -0.2) is 4.39 Å². The highest BCUT2D eigenvalue weighted by Gasteiger charge is 2.24. The molecule has 1 atom stereocenters. The zero-order valence-electron chi connectivity index (χ0n) is 7.34. The largest absolute Gasteiger partial charge is 0.207 e. The molecule has 1 unspecified atom stereocenters. The third-order valence-electron chi connectivity index (χ3n) is 2.47. The maximum atomic E-state index is 12.6. The van der Waals surface area contributed by atoms with Crippen molar-refractivity contribution in [1.82, 2.24) is 0 Å². The van der Waals surface area contributed by atoms with Gasteiger partial charge in [-0.05, 0) is 30.0 Å². The highest BCUT2D eigenvalue weighted by molar-refractivity contribution is 9.09. The van der Waals surface area contributed by atoms with E-state index in [0.29, 0.717) is 4.83 Å². The van der Waals surface area contributed by atoms with E-state index in [-0.39, 0.29) is 5.82 Å². The van der Waals surface area contributed by atoms with Crippen LogP contribution in [0.3, 0.4) is 0 Å². The number of hydrogen-bond donors (Lipinski definition) is 0. The Morgan fingerprint density at radius 2 is 1.92 bits per heavy atom. The van der Waals surface area contributed by atoms with E-state index >= 15 is 0 Å². The van der Waals surface area contributed by atoms with Crippen LogP contribution in [0.5, 0.6) is 0 Å². The monoisotopic (exact) mass is 242 g/mol. The molecule has 0 aromatic heterocycles. The molecular weight excluding hydrogens is 231 g/mol. The fourth-order valence-corrected chi connectivity index (χ4v) is 2.29. The Bertz CT molecular complexity index is 277. The first-order valence-corrected chi connectivity index (χ1v) is 5.57. The fourth-order valence-electron chi connectivity index (χ4n) is 1.45. The van der Waals surface area contributed by atoms with Crippen molar-refractivity contribution in [2.75, 3.05) is 0 Å². The minimum absolute atomic E-state index is 0.158. The minimum atomic E-state index is -0.158. The first-order chi connectivity index (χ1) is 6.25. The van der Waals surface area contributed by atoms with Crippen molar-refractivity contribution in [2.45, 2.75) is 24.1 Å². The molecule has 1 aliphatic rings. The molecule has 0 saturated heterocycles. The molecule has 1 fully saturated rings. The van der Waals surface area contributed by atoms with Crippen LogP contribution < -0.4 is 0 Å². The standard InChI is InChI=1S/C11H12BrF/c12-11(7-8-1-2-8)9-3-5-10(13)6-4-9/h3-6,8,11H,1-2,7H2. The molecule has 1 saturated carbocycles. The Morgan fingerprint density at radius 3 is 2.46 bits per heavy atom. The normalized spacial score (nSPS) is 18.6. The van der Waals surface area contributed by atoms with Crippen molar-refractivity contribution >= 4 is 15.9 Å². The summed E-state index contributed by atoms with van der Waals surface area (Å²) in [6.07, 6.45) is 3.91. The Labute approximate surface area is 86.3 Å². The van der Waals surface area contributed by atoms with Crippen LogP contribution in [0.4, 0.5) is 4.39 Å². The molecule has 0 heterocycles. The summed E-state index contributed by atoms with van der Waals surface area (Å²) in [7, 11) is 0. The summed E-state index contributed by atoms with van der Waals surface area (Å²) in [5.41, 5.74) is 1.19. The summed E-state index contributed by atoms with van der Waals surface area (Å²) in [6, 6.07) is 6.77. The van der Waals surface area contributed by atoms with Gasteiger partial charge in [0.15, 0.2) is 0 Å². The third kappa shape index (κ3) is 2.53. The molecule has 1 aliphatic carbocycles. The second-order valence-corrected chi connectivity index (χ2v) is 4.80. The number of benzene rings is 1. The van der Waals surface area contributed by atoms with E-state index in [1.54, 1.807) is 0 Å². The summed E-state index contributed by atoms with van der Waals surface area (Å²) >= 11 is 3.63. The van der Waals surface area contributed by atoms with Crippen LogP contribution in [-0.2, 0) is 0 Å². The predicted octanol–water partition coefficient (Wildman–Crippen LogP) is 4.06. The van der Waals surface area contributed by atoms with Crippen LogP contribution in [0.15, 0.2) is 24.3 Å². The van der Waals surface area contributed by atoms with Crippen molar-refractivity contribution in [2.24, 2.45) is 5.92 Å². The van der Waals surface area contributed by atoms with E-state index in [1.807, 2.05) is 12.1 Å². The highest BCUT2D eigenvalue weighted by atomic mass is 79.9. The summed E-state index contributed by atoms with van der Waals surface area (Å²) < 4.78 is 12.6. The van der Waals surface area contributed by atoms with Gasteiger partial charge in [-0.15, -0.1) is 0 Å². The smallest absolute Gasteiger partial charge is 0.123 e. The molecule has 0 aliphatic heterocycles. The second kappa shape index (κ2) is 3.79. The summed E-state index contributed by atoms with van der Waals surface area (Å²) in [5, 5.41) is 0. The van der Waals surface area contributed by atoms with Crippen LogP contribution >= 0.6 is 15.9 Å². The van der Waals surface area contributed by atoms with Gasteiger partial charge in [-0.3, -0.25) is 0 Å². The average Bonchev–Trinajstić information content (AvgIpc) is 2.89. The summed E-state index contributed by atoms with van der Waals surface area (Å²) in [5.74, 6) is 0.740. The lowest BCUT2D eigenvalue weighted by molar-refractivity contribution is 0.626. The second-order valence-electron chi connectivity index (χ2n) is 3.70. The Hall–Kier alpha value is -0.370. The topological polar surface area (TPSA) is 0 Å².